The largest absolute Gasteiger partial charge is 0.311 e. The average Bonchev–Trinajstić information content (AvgIpc) is 3.71. The van der Waals surface area contributed by atoms with Gasteiger partial charge in [0.05, 0.1) is 11.0 Å². The zero-order chi connectivity index (χ0) is 43.5. The third-order valence-corrected chi connectivity index (χ3v) is 13.8. The highest BCUT2D eigenvalue weighted by Gasteiger charge is 2.24. The Labute approximate surface area is 384 Å². The Morgan fingerprint density at radius 3 is 1.28 bits per heavy atom. The summed E-state index contributed by atoms with van der Waals surface area (Å²) in [5.74, 6) is 0. The highest BCUT2D eigenvalue weighted by molar-refractivity contribution is 6.09. The maximum absolute atomic E-state index is 4.80. The minimum Gasteiger partial charge on any atom is -0.311 e. The summed E-state index contributed by atoms with van der Waals surface area (Å²) in [5, 5.41) is 2.55. The molecule has 65 heavy (non-hydrogen) atoms. The van der Waals surface area contributed by atoms with E-state index in [2.05, 4.69) is 216 Å². The van der Waals surface area contributed by atoms with Crippen LogP contribution in [0, 0.1) is 0 Å². The van der Waals surface area contributed by atoms with Crippen LogP contribution in [-0.4, -0.2) is 4.57 Å². The van der Waals surface area contributed by atoms with Gasteiger partial charge in [0.1, 0.15) is 0 Å². The minimum absolute atomic E-state index is 1.05. The molecule has 8 aromatic carbocycles. The van der Waals surface area contributed by atoms with Gasteiger partial charge in [-0.25, -0.2) is 0 Å². The van der Waals surface area contributed by atoms with Crippen molar-refractivity contribution in [3.05, 3.63) is 241 Å². The van der Waals surface area contributed by atoms with Crippen molar-refractivity contribution in [3.8, 4) is 27.9 Å². The summed E-state index contributed by atoms with van der Waals surface area (Å²) in [4.78, 5) is 2.40. The summed E-state index contributed by atoms with van der Waals surface area (Å²) in [6.07, 6.45) is 10.6. The van der Waals surface area contributed by atoms with Crippen molar-refractivity contribution >= 4 is 50.0 Å². The molecule has 11 rings (SSSR count). The summed E-state index contributed by atoms with van der Waals surface area (Å²) in [6, 6.07) is 75.7. The second-order valence-corrected chi connectivity index (χ2v) is 17.8. The number of para-hydroxylation sites is 2. The van der Waals surface area contributed by atoms with Crippen LogP contribution >= 0.6 is 0 Å². The molecule has 1 fully saturated rings. The van der Waals surface area contributed by atoms with Gasteiger partial charge in [-0.1, -0.05) is 159 Å². The molecule has 1 heterocycles. The smallest absolute Gasteiger partial charge is 0.0541 e. The third-order valence-electron chi connectivity index (χ3n) is 13.8. The highest BCUT2D eigenvalue weighted by Crippen LogP contribution is 2.45. The molecule has 0 unspecified atom stereocenters. The molecule has 0 bridgehead atoms. The van der Waals surface area contributed by atoms with Crippen LogP contribution in [-0.2, 0) is 0 Å². The number of benzene rings is 8. The molecular weight excluding hydrogens is 785 g/mol. The number of aromatic nitrogens is 1. The summed E-state index contributed by atoms with van der Waals surface area (Å²) < 4.78 is 2.38. The predicted octanol–water partition coefficient (Wildman–Crippen LogP) is 17.9. The standard InChI is InChI=1S/C63H54N2/c1-45-17-5-2-10-22-56(50-20-8-4-9-21-50)57-23-11-12-26-60(57)63(45)51-35-43-54(44-36-51)64(52-37-29-47(30-38-52)46-18-6-3-7-19-46)53-39-31-48(32-40-53)49-33-41-55(42-34-49)65-61-27-15-13-24-58(61)59-25-14-16-28-62(59)65/h3-4,6-9,13-16,18-21,24-25,27-44H,1-2,5,10-12,17,22-23,26H2/b57-56+,63-60+. The Morgan fingerprint density at radius 1 is 0.323 bits per heavy atom. The van der Waals surface area contributed by atoms with E-state index in [-0.39, 0.29) is 0 Å². The quantitative estimate of drug-likeness (QED) is 0.148. The molecule has 0 atom stereocenters. The molecule has 0 radical (unpaired) electrons. The summed E-state index contributed by atoms with van der Waals surface area (Å²) in [7, 11) is 0. The number of hydrogen-bond acceptors (Lipinski definition) is 1. The average molecular weight is 839 g/mol. The number of nitrogens with zero attached hydrogens (tertiary/aromatic N) is 2. The maximum Gasteiger partial charge on any atom is 0.0541 e. The van der Waals surface area contributed by atoms with E-state index in [0.717, 1.165) is 48.4 Å². The summed E-state index contributed by atoms with van der Waals surface area (Å²) in [5.41, 5.74) is 21.8. The molecule has 1 saturated carbocycles. The van der Waals surface area contributed by atoms with Gasteiger partial charge in [0.15, 0.2) is 0 Å². The van der Waals surface area contributed by atoms with Crippen molar-refractivity contribution < 1.29 is 0 Å². The van der Waals surface area contributed by atoms with Gasteiger partial charge in [-0.3, -0.25) is 0 Å². The number of rotatable bonds is 8. The molecule has 2 aliphatic rings. The second-order valence-electron chi connectivity index (χ2n) is 17.8. The maximum atomic E-state index is 4.80. The fourth-order valence-corrected chi connectivity index (χ4v) is 10.6. The van der Waals surface area contributed by atoms with Crippen LogP contribution < -0.4 is 4.90 Å². The monoisotopic (exact) mass is 838 g/mol. The Balaban J connectivity index is 0.959. The molecule has 1 aromatic heterocycles. The molecule has 0 spiro atoms. The van der Waals surface area contributed by atoms with Crippen molar-refractivity contribution in [3.63, 3.8) is 0 Å². The topological polar surface area (TPSA) is 8.17 Å². The molecule has 2 aliphatic carbocycles. The van der Waals surface area contributed by atoms with Gasteiger partial charge in [0.25, 0.3) is 0 Å². The first-order valence-corrected chi connectivity index (χ1v) is 23.6. The van der Waals surface area contributed by atoms with Gasteiger partial charge in [-0.15, -0.1) is 0 Å². The normalized spacial score (nSPS) is 17.0. The van der Waals surface area contributed by atoms with E-state index in [0.29, 0.717) is 0 Å². The molecule has 0 saturated heterocycles. The van der Waals surface area contributed by atoms with Crippen molar-refractivity contribution in [2.45, 2.75) is 57.8 Å². The van der Waals surface area contributed by atoms with Gasteiger partial charge in [-0.2, -0.15) is 0 Å². The zero-order valence-corrected chi connectivity index (χ0v) is 37.1. The van der Waals surface area contributed by atoms with E-state index in [1.54, 1.807) is 11.1 Å². The van der Waals surface area contributed by atoms with E-state index in [1.165, 1.54) is 104 Å². The van der Waals surface area contributed by atoms with E-state index in [9.17, 15) is 0 Å². The Morgan fingerprint density at radius 2 is 0.723 bits per heavy atom. The van der Waals surface area contributed by atoms with Crippen LogP contribution in [0.15, 0.2) is 230 Å². The highest BCUT2D eigenvalue weighted by atomic mass is 15.1. The fraction of sp³-hybridized carbons (Fsp3) is 0.143. The summed E-state index contributed by atoms with van der Waals surface area (Å²) in [6.45, 7) is 4.80. The Kier molecular flexibility index (Phi) is 11.2. The molecule has 2 nitrogen and oxygen atoms in total. The lowest BCUT2D eigenvalue weighted by Crippen LogP contribution is -2.10. The fourth-order valence-electron chi connectivity index (χ4n) is 10.6. The van der Waals surface area contributed by atoms with Crippen molar-refractivity contribution in [1.82, 2.24) is 4.57 Å². The van der Waals surface area contributed by atoms with Crippen LogP contribution in [0.25, 0.3) is 60.9 Å². The number of allylic oxidation sites excluding steroid dienone is 5. The SMILES string of the molecule is C=C1CCCCC/C(c2ccccc2)=C2/CCCC/C2=C/1c1ccc(N(c2ccc(-c3ccccc3)cc2)c2ccc(-c3ccc(-n4c5ccccc5c5ccccc54)cc3)cc2)cc1. The van der Waals surface area contributed by atoms with Crippen LogP contribution in [0.3, 0.4) is 0 Å². The molecule has 2 heteroatoms. The van der Waals surface area contributed by atoms with E-state index in [4.69, 9.17) is 6.58 Å². The lowest BCUT2D eigenvalue weighted by Gasteiger charge is -2.29. The van der Waals surface area contributed by atoms with Crippen molar-refractivity contribution in [2.24, 2.45) is 0 Å². The number of anilines is 3. The third kappa shape index (κ3) is 7.95. The van der Waals surface area contributed by atoms with E-state index < -0.39 is 0 Å². The molecular formula is C63H54N2. The van der Waals surface area contributed by atoms with Crippen LogP contribution in [0.5, 0.6) is 0 Å². The predicted molar refractivity (Wildman–Crippen MR) is 277 cm³/mol. The van der Waals surface area contributed by atoms with Crippen LogP contribution in [0.2, 0.25) is 0 Å². The molecule has 316 valence electrons. The van der Waals surface area contributed by atoms with Gasteiger partial charge < -0.3 is 9.47 Å². The first kappa shape index (κ1) is 40.4. The van der Waals surface area contributed by atoms with Crippen LogP contribution in [0.4, 0.5) is 17.1 Å². The van der Waals surface area contributed by atoms with Gasteiger partial charge >= 0.3 is 0 Å². The Bertz CT molecular complexity index is 3130. The first-order valence-electron chi connectivity index (χ1n) is 23.6. The van der Waals surface area contributed by atoms with Crippen LogP contribution in [0.1, 0.15) is 68.9 Å². The number of fused-ring (bicyclic) bond motifs is 4. The lowest BCUT2D eigenvalue weighted by atomic mass is 9.76. The lowest BCUT2D eigenvalue weighted by molar-refractivity contribution is 0.662. The summed E-state index contributed by atoms with van der Waals surface area (Å²) >= 11 is 0. The molecule has 0 amide bonds. The van der Waals surface area contributed by atoms with Gasteiger partial charge in [0, 0.05) is 33.5 Å². The molecule has 0 aliphatic heterocycles. The van der Waals surface area contributed by atoms with E-state index >= 15 is 0 Å². The molecule has 9 aromatic rings. The first-order chi connectivity index (χ1) is 32.2. The molecule has 0 N–H and O–H groups in total. The van der Waals surface area contributed by atoms with E-state index in [1.807, 2.05) is 0 Å². The zero-order valence-electron chi connectivity index (χ0n) is 37.1. The van der Waals surface area contributed by atoms with Crippen molar-refractivity contribution in [2.75, 3.05) is 4.90 Å². The van der Waals surface area contributed by atoms with Gasteiger partial charge in [-0.05, 0) is 173 Å². The second kappa shape index (κ2) is 18.0. The number of hydrogen-bond donors (Lipinski definition) is 0. The van der Waals surface area contributed by atoms with Gasteiger partial charge in [0.2, 0.25) is 0 Å². The Hall–Kier alpha value is -7.42. The van der Waals surface area contributed by atoms with Crippen molar-refractivity contribution in [1.29, 1.82) is 0 Å². The minimum atomic E-state index is 1.05.